The minimum atomic E-state index is -0.262. The Morgan fingerprint density at radius 2 is 1.85 bits per heavy atom. The summed E-state index contributed by atoms with van der Waals surface area (Å²) in [5.74, 6) is 3.45. The van der Waals surface area contributed by atoms with Gasteiger partial charge >= 0.3 is 0 Å². The minimum absolute atomic E-state index is 0.0421. The molecule has 10 atom stereocenters. The first-order valence-corrected chi connectivity index (χ1v) is 13.8. The molecule has 0 bridgehead atoms. The molecule has 1 aromatic heterocycles. The molecule has 1 amide bonds. The van der Waals surface area contributed by atoms with Crippen molar-refractivity contribution >= 4 is 11.6 Å². The molecular weight excluding hydrogens is 424 g/mol. The molecule has 34 heavy (non-hydrogen) atoms. The summed E-state index contributed by atoms with van der Waals surface area (Å²) in [6.45, 7) is 7.16. The SMILES string of the molecule is C[C@H](CCC(=O)Nc1ccncc1)[C@@H]1CC[C@@H]2[C@@H]3CC[C@H]4C[C@H](O)CC[C@]4(C)[C@@H]3C[C@H](O)[C@@]21C. The molecular formula is C29H44N2O3. The molecule has 0 spiro atoms. The van der Waals surface area contributed by atoms with Gasteiger partial charge in [0.1, 0.15) is 0 Å². The number of nitrogens with one attached hydrogen (secondary N) is 1. The third-order valence-corrected chi connectivity index (χ3v) is 11.3. The number of aromatic nitrogens is 1. The van der Waals surface area contributed by atoms with Crippen molar-refractivity contribution in [3.63, 3.8) is 0 Å². The van der Waals surface area contributed by atoms with Gasteiger partial charge < -0.3 is 15.5 Å². The number of fused-ring (bicyclic) bond motifs is 5. The molecule has 0 aromatic carbocycles. The molecule has 3 N–H and O–H groups in total. The summed E-state index contributed by atoms with van der Waals surface area (Å²) < 4.78 is 0. The summed E-state index contributed by atoms with van der Waals surface area (Å²) in [6, 6.07) is 3.64. The Labute approximate surface area is 205 Å². The van der Waals surface area contributed by atoms with Crippen LogP contribution >= 0.6 is 0 Å². The van der Waals surface area contributed by atoms with Crippen molar-refractivity contribution in [3.8, 4) is 0 Å². The van der Waals surface area contributed by atoms with Crippen molar-refractivity contribution in [2.24, 2.45) is 46.3 Å². The number of amides is 1. The highest BCUT2D eigenvalue weighted by molar-refractivity contribution is 5.90. The average Bonchev–Trinajstić information content (AvgIpc) is 3.18. The van der Waals surface area contributed by atoms with Gasteiger partial charge in [-0.3, -0.25) is 9.78 Å². The molecule has 4 aliphatic carbocycles. The first-order valence-electron chi connectivity index (χ1n) is 13.8. The Bertz CT molecular complexity index is 877. The van der Waals surface area contributed by atoms with E-state index >= 15 is 0 Å². The topological polar surface area (TPSA) is 82.5 Å². The fourth-order valence-electron chi connectivity index (χ4n) is 9.38. The molecule has 5 nitrogen and oxygen atoms in total. The van der Waals surface area contributed by atoms with Crippen molar-refractivity contribution in [1.29, 1.82) is 0 Å². The van der Waals surface area contributed by atoms with Crippen LogP contribution in [0.15, 0.2) is 24.5 Å². The second-order valence-electron chi connectivity index (χ2n) is 12.7. The quantitative estimate of drug-likeness (QED) is 0.538. The summed E-state index contributed by atoms with van der Waals surface area (Å²) >= 11 is 0. The number of nitrogens with zero attached hydrogens (tertiary/aromatic N) is 1. The Kier molecular flexibility index (Phi) is 6.56. The molecule has 1 heterocycles. The van der Waals surface area contributed by atoms with Crippen LogP contribution < -0.4 is 5.32 Å². The monoisotopic (exact) mass is 468 g/mol. The fourth-order valence-corrected chi connectivity index (χ4v) is 9.38. The van der Waals surface area contributed by atoms with E-state index in [2.05, 4.69) is 31.1 Å². The first-order chi connectivity index (χ1) is 16.2. The third-order valence-electron chi connectivity index (χ3n) is 11.3. The molecule has 4 aliphatic rings. The molecule has 4 saturated carbocycles. The van der Waals surface area contributed by atoms with E-state index < -0.39 is 0 Å². The Hall–Kier alpha value is -1.46. The van der Waals surface area contributed by atoms with Crippen molar-refractivity contribution in [2.45, 2.75) is 97.2 Å². The van der Waals surface area contributed by atoms with Gasteiger partial charge in [0.2, 0.25) is 5.91 Å². The zero-order chi connectivity index (χ0) is 24.1. The highest BCUT2D eigenvalue weighted by Gasteiger charge is 2.63. The number of rotatable bonds is 5. The number of hydrogen-bond donors (Lipinski definition) is 3. The molecule has 188 valence electrons. The van der Waals surface area contributed by atoms with E-state index in [9.17, 15) is 15.0 Å². The van der Waals surface area contributed by atoms with Gasteiger partial charge in [-0.2, -0.15) is 0 Å². The van der Waals surface area contributed by atoms with Crippen molar-refractivity contribution < 1.29 is 15.0 Å². The van der Waals surface area contributed by atoms with Gasteiger partial charge in [-0.25, -0.2) is 0 Å². The lowest BCUT2D eigenvalue weighted by molar-refractivity contribution is -0.174. The van der Waals surface area contributed by atoms with E-state index in [0.29, 0.717) is 41.9 Å². The fraction of sp³-hybridized carbons (Fsp3) is 0.793. The Morgan fingerprint density at radius 3 is 2.62 bits per heavy atom. The van der Waals surface area contributed by atoms with Crippen molar-refractivity contribution in [3.05, 3.63) is 24.5 Å². The highest BCUT2D eigenvalue weighted by Crippen LogP contribution is 2.68. The van der Waals surface area contributed by atoms with E-state index in [4.69, 9.17) is 0 Å². The third kappa shape index (κ3) is 4.01. The number of anilines is 1. The van der Waals surface area contributed by atoms with Crippen LogP contribution in [0.25, 0.3) is 0 Å². The molecule has 0 unspecified atom stereocenters. The Morgan fingerprint density at radius 1 is 1.09 bits per heavy atom. The second-order valence-corrected chi connectivity index (χ2v) is 12.7. The van der Waals surface area contributed by atoms with Gasteiger partial charge in [-0.15, -0.1) is 0 Å². The van der Waals surface area contributed by atoms with E-state index in [-0.39, 0.29) is 28.9 Å². The number of carbonyl (C=O) groups is 1. The molecule has 0 saturated heterocycles. The molecule has 1 aromatic rings. The van der Waals surface area contributed by atoms with Crippen molar-refractivity contribution in [2.75, 3.05) is 5.32 Å². The zero-order valence-corrected chi connectivity index (χ0v) is 21.2. The summed E-state index contributed by atoms with van der Waals surface area (Å²) in [5, 5.41) is 25.0. The van der Waals surface area contributed by atoms with Gasteiger partial charge in [0.25, 0.3) is 0 Å². The predicted octanol–water partition coefficient (Wildman–Crippen LogP) is 5.43. The molecule has 0 aliphatic heterocycles. The predicted molar refractivity (Wildman–Crippen MR) is 134 cm³/mol. The zero-order valence-electron chi connectivity index (χ0n) is 21.2. The lowest BCUT2D eigenvalue weighted by Gasteiger charge is -2.62. The number of aliphatic hydroxyl groups is 2. The maximum Gasteiger partial charge on any atom is 0.224 e. The number of carbonyl (C=O) groups excluding carboxylic acids is 1. The van der Waals surface area contributed by atoms with Gasteiger partial charge in [0, 0.05) is 24.5 Å². The van der Waals surface area contributed by atoms with Gasteiger partial charge in [-0.05, 0) is 116 Å². The minimum Gasteiger partial charge on any atom is -0.393 e. The van der Waals surface area contributed by atoms with Crippen LogP contribution in [0, 0.1) is 46.3 Å². The normalized spacial score (nSPS) is 44.4. The number of hydrogen-bond acceptors (Lipinski definition) is 4. The largest absolute Gasteiger partial charge is 0.393 e. The summed E-state index contributed by atoms with van der Waals surface area (Å²) in [6.07, 6.45) is 13.2. The van der Waals surface area contributed by atoms with Crippen LogP contribution in [-0.4, -0.2) is 33.3 Å². The summed E-state index contributed by atoms with van der Waals surface area (Å²) in [7, 11) is 0. The maximum atomic E-state index is 12.5. The molecule has 5 heteroatoms. The standard InChI is InChI=1S/C29H44N2O3/c1-18(4-9-27(34)31-20-11-14-30-15-12-20)23-7-8-24-22-6-5-19-16-21(32)10-13-28(19,2)25(22)17-26(33)29(23,24)3/h11-12,14-15,18-19,21-26,32-33H,4-10,13,16-17H2,1-3H3,(H,30,31,34)/t18-,19+,21-,22+,23+,24-,25-,26+,28+,29-/m1/s1. The van der Waals surface area contributed by atoms with E-state index in [1.807, 2.05) is 12.1 Å². The van der Waals surface area contributed by atoms with E-state index in [1.165, 1.54) is 25.7 Å². The second kappa shape index (κ2) is 9.20. The summed E-state index contributed by atoms with van der Waals surface area (Å²) in [4.78, 5) is 16.5. The maximum absolute atomic E-state index is 12.5. The van der Waals surface area contributed by atoms with E-state index in [0.717, 1.165) is 37.8 Å². The highest BCUT2D eigenvalue weighted by atomic mass is 16.3. The lowest BCUT2D eigenvalue weighted by Crippen LogP contribution is -2.58. The number of aliphatic hydroxyl groups excluding tert-OH is 2. The van der Waals surface area contributed by atoms with Gasteiger partial charge in [-0.1, -0.05) is 20.8 Å². The average molecular weight is 469 g/mol. The van der Waals surface area contributed by atoms with Crippen LogP contribution in [0.3, 0.4) is 0 Å². The van der Waals surface area contributed by atoms with Crippen LogP contribution in [-0.2, 0) is 4.79 Å². The van der Waals surface area contributed by atoms with Crippen LogP contribution in [0.5, 0.6) is 0 Å². The van der Waals surface area contributed by atoms with Crippen LogP contribution in [0.4, 0.5) is 5.69 Å². The van der Waals surface area contributed by atoms with Crippen LogP contribution in [0.2, 0.25) is 0 Å². The van der Waals surface area contributed by atoms with Crippen LogP contribution in [0.1, 0.15) is 85.0 Å². The molecule has 0 radical (unpaired) electrons. The summed E-state index contributed by atoms with van der Waals surface area (Å²) in [5.41, 5.74) is 1.03. The first kappa shape index (κ1) is 24.2. The molecule has 4 fully saturated rings. The van der Waals surface area contributed by atoms with Gasteiger partial charge in [0.15, 0.2) is 0 Å². The smallest absolute Gasteiger partial charge is 0.224 e. The molecule has 5 rings (SSSR count). The van der Waals surface area contributed by atoms with Gasteiger partial charge in [0.05, 0.1) is 12.2 Å². The lowest BCUT2D eigenvalue weighted by atomic mass is 9.43. The van der Waals surface area contributed by atoms with Crippen molar-refractivity contribution in [1.82, 2.24) is 4.98 Å². The Balaban J connectivity index is 1.26. The van der Waals surface area contributed by atoms with E-state index in [1.54, 1.807) is 12.4 Å². The number of pyridine rings is 1.